The third kappa shape index (κ3) is 3.53. The van der Waals surface area contributed by atoms with Crippen molar-refractivity contribution < 1.29 is 9.53 Å². The molecule has 0 spiro atoms. The summed E-state index contributed by atoms with van der Waals surface area (Å²) in [5, 5.41) is 4.07. The monoisotopic (exact) mass is 228 g/mol. The van der Waals surface area contributed by atoms with Gasteiger partial charge in [0.05, 0.1) is 22.2 Å². The number of nitrogens with one attached hydrogen (secondary N) is 1. The fraction of sp³-hybridized carbons (Fsp3) is 0.500. The van der Waals surface area contributed by atoms with Crippen LogP contribution in [0, 0.1) is 0 Å². The SMILES string of the molecule is CCOCCNc1cc(N)c(C(C)=O)s1. The van der Waals surface area contributed by atoms with Crippen LogP contribution >= 0.6 is 11.3 Å². The highest BCUT2D eigenvalue weighted by molar-refractivity contribution is 7.18. The van der Waals surface area contributed by atoms with Gasteiger partial charge in [0, 0.05) is 20.1 Å². The van der Waals surface area contributed by atoms with Crippen LogP contribution < -0.4 is 11.1 Å². The van der Waals surface area contributed by atoms with Crippen LogP contribution in [-0.4, -0.2) is 25.5 Å². The van der Waals surface area contributed by atoms with Gasteiger partial charge in [-0.15, -0.1) is 11.3 Å². The van der Waals surface area contributed by atoms with Crippen molar-refractivity contribution in [3.05, 3.63) is 10.9 Å². The average molecular weight is 228 g/mol. The molecule has 3 N–H and O–H groups in total. The fourth-order valence-electron chi connectivity index (χ4n) is 1.16. The number of carbonyl (C=O) groups excluding carboxylic acids is 1. The molecule has 4 nitrogen and oxygen atoms in total. The van der Waals surface area contributed by atoms with Crippen LogP contribution in [0.15, 0.2) is 6.07 Å². The highest BCUT2D eigenvalue weighted by Crippen LogP contribution is 2.29. The zero-order chi connectivity index (χ0) is 11.3. The van der Waals surface area contributed by atoms with Gasteiger partial charge in [0.2, 0.25) is 0 Å². The Hall–Kier alpha value is -1.07. The second-order valence-corrected chi connectivity index (χ2v) is 4.13. The molecule has 0 bridgehead atoms. The Morgan fingerprint density at radius 1 is 1.67 bits per heavy atom. The van der Waals surface area contributed by atoms with Crippen molar-refractivity contribution in [3.63, 3.8) is 0 Å². The van der Waals surface area contributed by atoms with Gasteiger partial charge in [-0.25, -0.2) is 0 Å². The third-order valence-electron chi connectivity index (χ3n) is 1.83. The minimum Gasteiger partial charge on any atom is -0.397 e. The lowest BCUT2D eigenvalue weighted by atomic mass is 10.3. The number of hydrogen-bond donors (Lipinski definition) is 2. The minimum atomic E-state index is 0.00959. The zero-order valence-corrected chi connectivity index (χ0v) is 9.82. The molecular formula is C10H16N2O2S. The number of ether oxygens (including phenoxy) is 1. The second-order valence-electron chi connectivity index (χ2n) is 3.08. The van der Waals surface area contributed by atoms with E-state index in [-0.39, 0.29) is 5.78 Å². The predicted octanol–water partition coefficient (Wildman–Crippen LogP) is 1.98. The molecule has 1 heterocycles. The maximum Gasteiger partial charge on any atom is 0.171 e. The molecule has 15 heavy (non-hydrogen) atoms. The Kier molecular flexibility index (Phi) is 4.58. The van der Waals surface area contributed by atoms with Gasteiger partial charge < -0.3 is 15.8 Å². The molecule has 84 valence electrons. The van der Waals surface area contributed by atoms with Gasteiger partial charge >= 0.3 is 0 Å². The van der Waals surface area contributed by atoms with Gasteiger partial charge in [-0.2, -0.15) is 0 Å². The summed E-state index contributed by atoms with van der Waals surface area (Å²) in [6, 6.07) is 1.79. The Balaban J connectivity index is 2.48. The second kappa shape index (κ2) is 5.72. The lowest BCUT2D eigenvalue weighted by Crippen LogP contribution is -2.07. The predicted molar refractivity (Wildman–Crippen MR) is 63.7 cm³/mol. The molecule has 0 amide bonds. The van der Waals surface area contributed by atoms with E-state index in [0.29, 0.717) is 23.8 Å². The normalized spacial score (nSPS) is 10.3. The van der Waals surface area contributed by atoms with E-state index in [4.69, 9.17) is 10.5 Å². The van der Waals surface area contributed by atoms with E-state index in [1.807, 2.05) is 6.92 Å². The van der Waals surface area contributed by atoms with E-state index in [1.165, 1.54) is 18.3 Å². The summed E-state index contributed by atoms with van der Waals surface area (Å²) >= 11 is 1.38. The van der Waals surface area contributed by atoms with Crippen molar-refractivity contribution in [1.82, 2.24) is 0 Å². The number of Topliss-reactive ketones (excluding diaryl/α,β-unsaturated/α-hetero) is 1. The summed E-state index contributed by atoms with van der Waals surface area (Å²) in [6.45, 7) is 5.57. The van der Waals surface area contributed by atoms with Gasteiger partial charge in [0.1, 0.15) is 0 Å². The first-order valence-corrected chi connectivity index (χ1v) is 5.68. The summed E-state index contributed by atoms with van der Waals surface area (Å²) in [5.41, 5.74) is 6.24. The molecular weight excluding hydrogens is 212 g/mol. The molecule has 0 radical (unpaired) electrons. The quantitative estimate of drug-likeness (QED) is 0.577. The fourth-order valence-corrected chi connectivity index (χ4v) is 2.06. The average Bonchev–Trinajstić information content (AvgIpc) is 2.55. The molecule has 0 saturated carbocycles. The largest absolute Gasteiger partial charge is 0.397 e. The molecule has 0 aliphatic carbocycles. The topological polar surface area (TPSA) is 64.3 Å². The Bertz CT molecular complexity index is 336. The van der Waals surface area contributed by atoms with Crippen LogP contribution in [0.4, 0.5) is 10.7 Å². The summed E-state index contributed by atoms with van der Waals surface area (Å²) in [7, 11) is 0. The summed E-state index contributed by atoms with van der Waals surface area (Å²) in [4.78, 5) is 11.8. The number of rotatable bonds is 6. The standard InChI is InChI=1S/C10H16N2O2S/c1-3-14-5-4-12-9-6-8(11)10(15-9)7(2)13/h6,12H,3-5,11H2,1-2H3. The van der Waals surface area contributed by atoms with Crippen LogP contribution in [0.3, 0.4) is 0 Å². The van der Waals surface area contributed by atoms with E-state index in [1.54, 1.807) is 6.07 Å². The molecule has 1 aromatic heterocycles. The van der Waals surface area contributed by atoms with Crippen molar-refractivity contribution in [2.45, 2.75) is 13.8 Å². The lowest BCUT2D eigenvalue weighted by Gasteiger charge is -2.02. The van der Waals surface area contributed by atoms with Crippen molar-refractivity contribution in [1.29, 1.82) is 0 Å². The number of thiophene rings is 1. The minimum absolute atomic E-state index is 0.00959. The van der Waals surface area contributed by atoms with Crippen molar-refractivity contribution in [2.24, 2.45) is 0 Å². The Morgan fingerprint density at radius 2 is 2.40 bits per heavy atom. The molecule has 0 fully saturated rings. The lowest BCUT2D eigenvalue weighted by molar-refractivity contribution is 0.102. The third-order valence-corrected chi connectivity index (χ3v) is 3.04. The molecule has 0 aromatic carbocycles. The van der Waals surface area contributed by atoms with Crippen molar-refractivity contribution in [3.8, 4) is 0 Å². The maximum atomic E-state index is 11.1. The van der Waals surface area contributed by atoms with Gasteiger partial charge in [-0.1, -0.05) is 0 Å². The van der Waals surface area contributed by atoms with Crippen LogP contribution in [0.5, 0.6) is 0 Å². The Labute approximate surface area is 93.4 Å². The number of nitrogens with two attached hydrogens (primary N) is 1. The highest BCUT2D eigenvalue weighted by Gasteiger charge is 2.09. The van der Waals surface area contributed by atoms with Crippen molar-refractivity contribution >= 4 is 27.8 Å². The molecule has 1 rings (SSSR count). The van der Waals surface area contributed by atoms with Gasteiger partial charge in [0.15, 0.2) is 5.78 Å². The number of nitrogen functional groups attached to an aromatic ring is 1. The molecule has 0 saturated heterocycles. The Morgan fingerprint density at radius 3 is 2.93 bits per heavy atom. The first-order valence-electron chi connectivity index (χ1n) is 4.87. The first kappa shape index (κ1) is 12.0. The van der Waals surface area contributed by atoms with Gasteiger partial charge in [-0.3, -0.25) is 4.79 Å². The number of hydrogen-bond acceptors (Lipinski definition) is 5. The molecule has 0 atom stereocenters. The summed E-state index contributed by atoms with van der Waals surface area (Å²) in [5.74, 6) is 0.00959. The molecule has 0 aliphatic heterocycles. The number of ketones is 1. The first-order chi connectivity index (χ1) is 7.15. The van der Waals surface area contributed by atoms with Gasteiger partial charge in [-0.05, 0) is 13.0 Å². The molecule has 5 heteroatoms. The molecule has 0 aliphatic rings. The van der Waals surface area contributed by atoms with E-state index >= 15 is 0 Å². The van der Waals surface area contributed by atoms with Crippen molar-refractivity contribution in [2.75, 3.05) is 30.8 Å². The number of carbonyl (C=O) groups is 1. The van der Waals surface area contributed by atoms with Crippen LogP contribution in [0.25, 0.3) is 0 Å². The zero-order valence-electron chi connectivity index (χ0n) is 9.00. The van der Waals surface area contributed by atoms with Crippen LogP contribution in [0.1, 0.15) is 23.5 Å². The summed E-state index contributed by atoms with van der Waals surface area (Å²) in [6.07, 6.45) is 0. The molecule has 1 aromatic rings. The van der Waals surface area contributed by atoms with E-state index in [2.05, 4.69) is 5.32 Å². The van der Waals surface area contributed by atoms with E-state index < -0.39 is 0 Å². The highest BCUT2D eigenvalue weighted by atomic mass is 32.1. The van der Waals surface area contributed by atoms with Crippen LogP contribution in [0.2, 0.25) is 0 Å². The molecule has 0 unspecified atom stereocenters. The van der Waals surface area contributed by atoms with E-state index in [9.17, 15) is 4.79 Å². The van der Waals surface area contributed by atoms with E-state index in [0.717, 1.165) is 11.5 Å². The smallest absolute Gasteiger partial charge is 0.171 e. The summed E-state index contributed by atoms with van der Waals surface area (Å²) < 4.78 is 5.18. The van der Waals surface area contributed by atoms with Crippen LogP contribution in [-0.2, 0) is 4.74 Å². The number of anilines is 2. The maximum absolute atomic E-state index is 11.1. The van der Waals surface area contributed by atoms with Gasteiger partial charge in [0.25, 0.3) is 0 Å².